The lowest BCUT2D eigenvalue weighted by molar-refractivity contribution is -0.0327. The van der Waals surface area contributed by atoms with E-state index in [0.29, 0.717) is 11.3 Å². The molecule has 1 aromatic rings. The van der Waals surface area contributed by atoms with E-state index in [0.717, 1.165) is 4.90 Å². The molecular weight excluding hydrogens is 281 g/mol. The Bertz CT molecular complexity index is 441. The smallest absolute Gasteiger partial charge is 0.383 e. The van der Waals surface area contributed by atoms with Crippen LogP contribution < -0.4 is 5.32 Å². The molecule has 0 aliphatic carbocycles. The van der Waals surface area contributed by atoms with E-state index in [2.05, 4.69) is 11.4 Å². The third-order valence-electron chi connectivity index (χ3n) is 2.04. The van der Waals surface area contributed by atoms with Crippen molar-refractivity contribution in [1.82, 2.24) is 0 Å². The Morgan fingerprint density at radius 1 is 1.39 bits per heavy atom. The maximum atomic E-state index is 11.9. The Morgan fingerprint density at radius 2 is 2.11 bits per heavy atom. The zero-order chi connectivity index (χ0) is 13.6. The number of nitrogens with one attached hydrogen (secondary N) is 1. The standard InChI is InChI=1S/C11H11F3N2S2/c1-17-10-4-2-3-9(8(10)7-15)16-5-6-18-11(12,13)14/h2-4,16H,5-6H2,1H3. The second-order valence-electron chi connectivity index (χ2n) is 3.22. The molecule has 0 amide bonds. The number of hydrogen-bond donors (Lipinski definition) is 1. The van der Waals surface area contributed by atoms with Gasteiger partial charge in [-0.25, -0.2) is 0 Å². The summed E-state index contributed by atoms with van der Waals surface area (Å²) in [5.41, 5.74) is -3.16. The molecule has 1 N–H and O–H groups in total. The summed E-state index contributed by atoms with van der Waals surface area (Å²) >= 11 is 1.36. The third kappa shape index (κ3) is 4.70. The lowest BCUT2D eigenvalue weighted by Gasteiger charge is -2.11. The van der Waals surface area contributed by atoms with Crippen LogP contribution in [0, 0.1) is 11.3 Å². The van der Waals surface area contributed by atoms with Crippen molar-refractivity contribution < 1.29 is 13.2 Å². The molecule has 98 valence electrons. The van der Waals surface area contributed by atoms with Gasteiger partial charge in [-0.3, -0.25) is 0 Å². The molecule has 18 heavy (non-hydrogen) atoms. The van der Waals surface area contributed by atoms with Gasteiger partial charge in [-0.05, 0) is 30.2 Å². The van der Waals surface area contributed by atoms with E-state index in [-0.39, 0.29) is 24.1 Å². The maximum Gasteiger partial charge on any atom is 0.441 e. The van der Waals surface area contributed by atoms with Gasteiger partial charge in [-0.1, -0.05) is 6.07 Å². The van der Waals surface area contributed by atoms with Gasteiger partial charge < -0.3 is 5.32 Å². The van der Waals surface area contributed by atoms with Crippen LogP contribution in [0.1, 0.15) is 5.56 Å². The van der Waals surface area contributed by atoms with E-state index in [1.807, 2.05) is 6.26 Å². The van der Waals surface area contributed by atoms with Crippen LogP contribution in [-0.4, -0.2) is 24.1 Å². The van der Waals surface area contributed by atoms with Crippen molar-refractivity contribution in [2.45, 2.75) is 10.4 Å². The SMILES string of the molecule is CSc1cccc(NCCSC(F)(F)F)c1C#N. The molecule has 0 saturated heterocycles. The maximum absolute atomic E-state index is 11.9. The molecule has 0 saturated carbocycles. The van der Waals surface area contributed by atoms with Gasteiger partial charge >= 0.3 is 5.51 Å². The molecule has 0 aromatic heterocycles. The van der Waals surface area contributed by atoms with E-state index < -0.39 is 5.51 Å². The monoisotopic (exact) mass is 292 g/mol. The fourth-order valence-corrected chi connectivity index (χ4v) is 2.33. The second-order valence-corrected chi connectivity index (χ2v) is 5.22. The van der Waals surface area contributed by atoms with Crippen molar-refractivity contribution in [2.75, 3.05) is 23.9 Å². The fraction of sp³-hybridized carbons (Fsp3) is 0.364. The average Bonchev–Trinajstić information content (AvgIpc) is 2.32. The Balaban J connectivity index is 2.60. The molecule has 1 rings (SSSR count). The number of nitrogens with zero attached hydrogens (tertiary/aromatic N) is 1. The Hall–Kier alpha value is -1.00. The third-order valence-corrected chi connectivity index (χ3v) is 3.56. The summed E-state index contributed by atoms with van der Waals surface area (Å²) in [5, 5.41) is 11.9. The number of thioether (sulfide) groups is 2. The second kappa shape index (κ2) is 6.81. The normalized spacial score (nSPS) is 11.1. The van der Waals surface area contributed by atoms with Gasteiger partial charge in [0.05, 0.1) is 11.3 Å². The summed E-state index contributed by atoms with van der Waals surface area (Å²) in [4.78, 5) is 0.811. The van der Waals surface area contributed by atoms with Crippen molar-refractivity contribution in [3.63, 3.8) is 0 Å². The molecule has 1 aromatic carbocycles. The van der Waals surface area contributed by atoms with Gasteiger partial charge in [-0.15, -0.1) is 11.8 Å². The zero-order valence-corrected chi connectivity index (χ0v) is 11.2. The first-order valence-electron chi connectivity index (χ1n) is 4.99. The van der Waals surface area contributed by atoms with Crippen molar-refractivity contribution in [2.24, 2.45) is 0 Å². The van der Waals surface area contributed by atoms with E-state index in [9.17, 15) is 13.2 Å². The molecule has 7 heteroatoms. The molecule has 0 aliphatic heterocycles. The van der Waals surface area contributed by atoms with Crippen LogP contribution in [-0.2, 0) is 0 Å². The minimum atomic E-state index is -4.21. The Labute approximate surface area is 112 Å². The molecule has 0 fully saturated rings. The highest BCUT2D eigenvalue weighted by atomic mass is 32.2. The number of halogens is 3. The Kier molecular flexibility index (Phi) is 5.69. The van der Waals surface area contributed by atoms with E-state index in [1.165, 1.54) is 11.8 Å². The molecule has 0 radical (unpaired) electrons. The number of anilines is 1. The average molecular weight is 292 g/mol. The molecule has 0 spiro atoms. The predicted molar refractivity (Wildman–Crippen MR) is 69.9 cm³/mol. The fourth-order valence-electron chi connectivity index (χ4n) is 1.32. The van der Waals surface area contributed by atoms with Crippen molar-refractivity contribution in [1.29, 1.82) is 5.26 Å². The number of hydrogen-bond acceptors (Lipinski definition) is 4. The van der Waals surface area contributed by atoms with Gasteiger partial charge in [0.25, 0.3) is 0 Å². The number of benzene rings is 1. The first-order valence-corrected chi connectivity index (χ1v) is 7.20. The van der Waals surface area contributed by atoms with Gasteiger partial charge in [0.15, 0.2) is 0 Å². The molecule has 2 nitrogen and oxygen atoms in total. The van der Waals surface area contributed by atoms with Gasteiger partial charge in [0.2, 0.25) is 0 Å². The topological polar surface area (TPSA) is 35.8 Å². The first kappa shape index (κ1) is 15.1. The van der Waals surface area contributed by atoms with Gasteiger partial charge in [0, 0.05) is 17.2 Å². The number of nitriles is 1. The summed E-state index contributed by atoms with van der Waals surface area (Å²) in [6.07, 6.45) is 1.85. The summed E-state index contributed by atoms with van der Waals surface area (Å²) in [6, 6.07) is 7.33. The quantitative estimate of drug-likeness (QED) is 0.658. The molecular formula is C11H11F3N2S2. The molecule has 0 heterocycles. The molecule has 0 unspecified atom stereocenters. The van der Waals surface area contributed by atoms with E-state index >= 15 is 0 Å². The summed E-state index contributed by atoms with van der Waals surface area (Å²) < 4.78 is 35.8. The van der Waals surface area contributed by atoms with Crippen LogP contribution >= 0.6 is 23.5 Å². The highest BCUT2D eigenvalue weighted by Crippen LogP contribution is 2.30. The molecule has 0 aliphatic rings. The lowest BCUT2D eigenvalue weighted by Crippen LogP contribution is -2.10. The Morgan fingerprint density at radius 3 is 2.67 bits per heavy atom. The first-order chi connectivity index (χ1) is 8.48. The van der Waals surface area contributed by atoms with Crippen LogP contribution in [0.5, 0.6) is 0 Å². The summed E-state index contributed by atoms with van der Waals surface area (Å²) in [5.74, 6) is -0.0855. The molecule has 0 atom stereocenters. The number of rotatable bonds is 5. The number of alkyl halides is 3. The van der Waals surface area contributed by atoms with Crippen molar-refractivity contribution in [3.8, 4) is 6.07 Å². The summed E-state index contributed by atoms with van der Waals surface area (Å²) in [7, 11) is 0. The predicted octanol–water partition coefficient (Wildman–Crippen LogP) is 3.95. The zero-order valence-electron chi connectivity index (χ0n) is 9.54. The van der Waals surface area contributed by atoms with Gasteiger partial charge in [-0.2, -0.15) is 18.4 Å². The van der Waals surface area contributed by atoms with Crippen molar-refractivity contribution >= 4 is 29.2 Å². The van der Waals surface area contributed by atoms with Gasteiger partial charge in [0.1, 0.15) is 6.07 Å². The largest absolute Gasteiger partial charge is 0.441 e. The minimum Gasteiger partial charge on any atom is -0.383 e. The van der Waals surface area contributed by atoms with Crippen LogP contribution in [0.3, 0.4) is 0 Å². The summed E-state index contributed by atoms with van der Waals surface area (Å²) in [6.45, 7) is 0.163. The van der Waals surface area contributed by atoms with Crippen molar-refractivity contribution in [3.05, 3.63) is 23.8 Å². The van der Waals surface area contributed by atoms with Crippen LogP contribution in [0.2, 0.25) is 0 Å². The highest BCUT2D eigenvalue weighted by Gasteiger charge is 2.27. The lowest BCUT2D eigenvalue weighted by atomic mass is 10.2. The van der Waals surface area contributed by atoms with Crippen LogP contribution in [0.25, 0.3) is 0 Å². The van der Waals surface area contributed by atoms with Crippen LogP contribution in [0.4, 0.5) is 18.9 Å². The molecule has 0 bridgehead atoms. The van der Waals surface area contributed by atoms with E-state index in [1.54, 1.807) is 18.2 Å². The minimum absolute atomic E-state index is 0.0744. The van der Waals surface area contributed by atoms with E-state index in [4.69, 9.17) is 5.26 Å². The highest BCUT2D eigenvalue weighted by molar-refractivity contribution is 8.00. The van der Waals surface area contributed by atoms with Crippen LogP contribution in [0.15, 0.2) is 23.1 Å².